The minimum absolute atomic E-state index is 0.00370. The molecule has 16 atom stereocenters. The first-order valence-corrected chi connectivity index (χ1v) is 23.9. The monoisotopic (exact) mass is 848 g/mol. The molecule has 2 aromatic carbocycles. The number of epoxide rings is 1. The number of allylic oxidation sites excluding steroid dienone is 4. The lowest BCUT2D eigenvalue weighted by molar-refractivity contribution is -0.206. The maximum Gasteiger partial charge on any atom is 0.159 e. The predicted molar refractivity (Wildman–Crippen MR) is 243 cm³/mol. The number of fused-ring (bicyclic) bond motifs is 5. The summed E-state index contributed by atoms with van der Waals surface area (Å²) in [6, 6.07) is 13.9. The van der Waals surface area contributed by atoms with Crippen LogP contribution in [0.1, 0.15) is 135 Å². The molecule has 1 aliphatic heterocycles. The van der Waals surface area contributed by atoms with E-state index >= 15 is 4.79 Å². The summed E-state index contributed by atoms with van der Waals surface area (Å²) >= 11 is 0. The number of aromatic hydroxyl groups is 1. The van der Waals surface area contributed by atoms with Gasteiger partial charge >= 0.3 is 0 Å². The zero-order valence-electron chi connectivity index (χ0n) is 38.5. The summed E-state index contributed by atoms with van der Waals surface area (Å²) in [4.78, 5) is 30.0. The Bertz CT molecular complexity index is 2180. The van der Waals surface area contributed by atoms with Gasteiger partial charge in [0.2, 0.25) is 0 Å². The Labute approximate surface area is 369 Å². The number of phenolic OH excluding ortho intramolecular Hbond substituents is 1. The molecule has 2 bridgehead atoms. The zero-order chi connectivity index (χ0) is 44.3. The average molecular weight is 848 g/mol. The molecule has 9 nitrogen and oxygen atoms in total. The molecule has 9 heteroatoms. The number of nitrogen functional groups attached to an aromatic ring is 1. The van der Waals surface area contributed by atoms with E-state index < -0.39 is 34.6 Å². The van der Waals surface area contributed by atoms with Gasteiger partial charge in [-0.3, -0.25) is 9.59 Å². The van der Waals surface area contributed by atoms with Gasteiger partial charge in [-0.25, -0.2) is 0 Å². The molecule has 0 aromatic heterocycles. The van der Waals surface area contributed by atoms with Crippen LogP contribution in [0.5, 0.6) is 5.75 Å². The number of ether oxygens (including phenoxy) is 1. The summed E-state index contributed by atoms with van der Waals surface area (Å²) in [6.07, 6.45) is 10.4. The maximum atomic E-state index is 15.3. The Hall–Kier alpha value is -3.34. The molecule has 1 heterocycles. The second kappa shape index (κ2) is 15.4. The van der Waals surface area contributed by atoms with Crippen molar-refractivity contribution >= 4 is 17.3 Å². The van der Waals surface area contributed by atoms with Gasteiger partial charge < -0.3 is 36.4 Å². The van der Waals surface area contributed by atoms with Crippen LogP contribution in [-0.2, 0) is 20.9 Å². The van der Waals surface area contributed by atoms with Crippen LogP contribution in [0.4, 0.5) is 5.69 Å². The second-order valence-corrected chi connectivity index (χ2v) is 22.4. The molecule has 16 unspecified atom stereocenters. The Morgan fingerprint density at radius 3 is 2.48 bits per heavy atom. The van der Waals surface area contributed by atoms with Gasteiger partial charge in [0, 0.05) is 42.1 Å². The molecule has 0 amide bonds. The molecule has 8 aliphatic rings. The highest BCUT2D eigenvalue weighted by Crippen LogP contribution is 2.77. The minimum Gasteiger partial charge on any atom is -0.508 e. The fourth-order valence-corrected chi connectivity index (χ4v) is 16.2. The molecule has 4 saturated carbocycles. The van der Waals surface area contributed by atoms with Crippen LogP contribution in [0.25, 0.3) is 0 Å². The van der Waals surface area contributed by atoms with Gasteiger partial charge in [-0.2, -0.15) is 0 Å². The number of aliphatic hydroxyl groups excluding tert-OH is 2. The standard InChI is InChI=1S/C53H73N3O6/c1-29(20-41(59)48-53(7,62-48)37-15-10-14-36(37)32-12-9-13-34(54)23-32)44-38-17-18-43-51(5,50(38,4)26-42(44)60)25-40(56-27-30(2)57)46-49(3)19-11-16-39(52(43,46)6)45(47(49)61)33-21-31(28-55-8)22-35(58)24-33/h9,11-13,16,21-24,29-30,36-37,39-41,43,45-46,48,55-59H,10,14-15,17-20,25-28,54H2,1-8H3. The van der Waals surface area contributed by atoms with Gasteiger partial charge in [-0.15, -0.1) is 0 Å². The minimum atomic E-state index is -0.685. The Balaban J connectivity index is 1.05. The van der Waals surface area contributed by atoms with Crippen molar-refractivity contribution in [3.8, 4) is 5.75 Å². The summed E-state index contributed by atoms with van der Waals surface area (Å²) in [6.45, 7) is 16.6. The Kier molecular flexibility index (Phi) is 10.9. The van der Waals surface area contributed by atoms with Crippen LogP contribution in [0.2, 0.25) is 0 Å². The van der Waals surface area contributed by atoms with E-state index in [1.807, 2.05) is 32.2 Å². The van der Waals surface area contributed by atoms with E-state index in [1.165, 1.54) is 11.1 Å². The number of carbonyl (C=O) groups excluding carboxylic acids is 2. The van der Waals surface area contributed by atoms with Crippen molar-refractivity contribution < 1.29 is 29.6 Å². The average Bonchev–Trinajstić information content (AvgIpc) is 3.59. The molecule has 7 aliphatic carbocycles. The number of benzene rings is 2. The van der Waals surface area contributed by atoms with Gasteiger partial charge in [-0.05, 0) is 159 Å². The second-order valence-electron chi connectivity index (χ2n) is 22.4. The highest BCUT2D eigenvalue weighted by molar-refractivity contribution is 6.00. The Morgan fingerprint density at radius 2 is 1.76 bits per heavy atom. The first kappa shape index (κ1) is 43.9. The molecular weight excluding hydrogens is 775 g/mol. The number of carbonyl (C=O) groups is 2. The number of nitrogens with one attached hydrogen (secondary N) is 2. The number of aliphatic hydroxyl groups is 2. The van der Waals surface area contributed by atoms with Crippen molar-refractivity contribution in [3.63, 3.8) is 0 Å². The van der Waals surface area contributed by atoms with Crippen molar-refractivity contribution in [2.24, 2.45) is 51.2 Å². The molecule has 336 valence electrons. The number of hydrogen-bond acceptors (Lipinski definition) is 9. The summed E-state index contributed by atoms with van der Waals surface area (Å²) in [5.74, 6) is 0.799. The van der Waals surface area contributed by atoms with Gasteiger partial charge in [0.25, 0.3) is 0 Å². The van der Waals surface area contributed by atoms with Crippen molar-refractivity contribution in [3.05, 3.63) is 82.5 Å². The van der Waals surface area contributed by atoms with Crippen LogP contribution in [0.3, 0.4) is 0 Å². The maximum absolute atomic E-state index is 15.3. The summed E-state index contributed by atoms with van der Waals surface area (Å²) in [5.41, 5.74) is 10.1. The first-order chi connectivity index (χ1) is 29.3. The SMILES string of the molecule is CNCc1cc(O)cc(C2C(=O)C3(C)CC=CC2C2(C)C3C(NCC(C)O)CC3(C)C2CCC2=C(C(C)CC(O)C4OC4(C)C4CCCC4c4cccc(N)c4)C(=O)CC23C)c1. The lowest BCUT2D eigenvalue weighted by Crippen LogP contribution is -2.72. The molecular formula is C53H73N3O6. The van der Waals surface area contributed by atoms with Crippen molar-refractivity contribution in [2.45, 2.75) is 155 Å². The van der Waals surface area contributed by atoms with Crippen LogP contribution >= 0.6 is 0 Å². The van der Waals surface area contributed by atoms with Gasteiger partial charge in [0.05, 0.1) is 23.7 Å². The third kappa shape index (κ3) is 6.47. The van der Waals surface area contributed by atoms with Gasteiger partial charge in [0.15, 0.2) is 5.78 Å². The van der Waals surface area contributed by atoms with Crippen LogP contribution in [0.15, 0.2) is 65.8 Å². The third-order valence-electron chi connectivity index (χ3n) is 18.8. The lowest BCUT2D eigenvalue weighted by atomic mass is 9.32. The molecule has 7 N–H and O–H groups in total. The van der Waals surface area contributed by atoms with Gasteiger partial charge in [0.1, 0.15) is 17.6 Å². The zero-order valence-corrected chi connectivity index (χ0v) is 38.5. The number of Topliss-reactive ketones (excluding diaryl/α,β-unsaturated/α-hetero) is 2. The van der Waals surface area contributed by atoms with Crippen molar-refractivity contribution in [1.29, 1.82) is 0 Å². The number of anilines is 1. The number of phenols is 1. The molecule has 62 heavy (non-hydrogen) atoms. The quantitative estimate of drug-likeness (QED) is 0.0706. The fraction of sp³-hybridized carbons (Fsp3) is 0.660. The molecule has 0 spiro atoms. The van der Waals surface area contributed by atoms with E-state index in [2.05, 4.69) is 82.5 Å². The number of ketones is 2. The summed E-state index contributed by atoms with van der Waals surface area (Å²) in [7, 11) is 1.89. The Morgan fingerprint density at radius 1 is 0.984 bits per heavy atom. The number of hydrogen-bond donors (Lipinski definition) is 6. The summed E-state index contributed by atoms with van der Waals surface area (Å²) in [5, 5.41) is 40.8. The summed E-state index contributed by atoms with van der Waals surface area (Å²) < 4.78 is 6.51. The highest BCUT2D eigenvalue weighted by Gasteiger charge is 2.74. The molecule has 2 aromatic rings. The van der Waals surface area contributed by atoms with Crippen molar-refractivity contribution in [1.82, 2.24) is 10.6 Å². The predicted octanol–water partition coefficient (Wildman–Crippen LogP) is 8.13. The van der Waals surface area contributed by atoms with E-state index in [1.54, 1.807) is 6.07 Å². The molecule has 1 saturated heterocycles. The number of rotatable bonds is 12. The van der Waals surface area contributed by atoms with E-state index in [0.717, 1.165) is 60.9 Å². The number of nitrogens with two attached hydrogens (primary N) is 1. The van der Waals surface area contributed by atoms with E-state index in [0.29, 0.717) is 44.2 Å². The largest absolute Gasteiger partial charge is 0.508 e. The van der Waals surface area contributed by atoms with Crippen LogP contribution in [-0.4, -0.2) is 70.4 Å². The highest BCUT2D eigenvalue weighted by atomic mass is 16.6. The molecule has 10 rings (SSSR count). The fourth-order valence-electron chi connectivity index (χ4n) is 16.2. The topological polar surface area (TPSA) is 157 Å². The van der Waals surface area contributed by atoms with Crippen molar-refractivity contribution in [2.75, 3.05) is 19.3 Å². The normalized spacial score (nSPS) is 42.3. The van der Waals surface area contributed by atoms with Gasteiger partial charge in [-0.1, -0.05) is 77.0 Å². The molecule has 0 radical (unpaired) electrons. The van der Waals surface area contributed by atoms with E-state index in [4.69, 9.17) is 10.5 Å². The first-order valence-electron chi connectivity index (χ1n) is 23.9. The molecule has 5 fully saturated rings. The van der Waals surface area contributed by atoms with Crippen LogP contribution in [0, 0.1) is 51.2 Å². The van der Waals surface area contributed by atoms with E-state index in [-0.39, 0.29) is 64.0 Å². The van der Waals surface area contributed by atoms with Crippen LogP contribution < -0.4 is 16.4 Å². The third-order valence-corrected chi connectivity index (χ3v) is 18.8. The van der Waals surface area contributed by atoms with E-state index in [9.17, 15) is 20.1 Å². The smallest absolute Gasteiger partial charge is 0.159 e. The lowest BCUT2D eigenvalue weighted by Gasteiger charge is -2.72.